The van der Waals surface area contributed by atoms with Gasteiger partial charge >= 0.3 is 25.7 Å². The van der Waals surface area contributed by atoms with Crippen LogP contribution in [0.3, 0.4) is 0 Å². The third kappa shape index (κ3) is 36.4. The highest BCUT2D eigenvalue weighted by Gasteiger charge is 2.28. The van der Waals surface area contributed by atoms with Gasteiger partial charge in [-0.15, -0.1) is 0 Å². The molecule has 0 aromatic heterocycles. The monoisotopic (exact) mass is 772 g/mol. The van der Waals surface area contributed by atoms with E-state index in [4.69, 9.17) is 24.8 Å². The Bertz CT molecular complexity index is 1050. The van der Waals surface area contributed by atoms with Crippen LogP contribution >= 0.6 is 7.82 Å². The molecule has 12 heteroatoms. The first-order valence-corrected chi connectivity index (χ1v) is 22.0. The van der Waals surface area contributed by atoms with E-state index in [9.17, 15) is 23.8 Å². The molecule has 53 heavy (non-hydrogen) atoms. The van der Waals surface area contributed by atoms with Crippen LogP contribution in [0.15, 0.2) is 36.5 Å². The summed E-state index contributed by atoms with van der Waals surface area (Å²) in [7, 11) is -4.72. The summed E-state index contributed by atoms with van der Waals surface area (Å²) in [5.74, 6) is -2.41. The van der Waals surface area contributed by atoms with Gasteiger partial charge in [-0.25, -0.2) is 4.57 Å². The van der Waals surface area contributed by atoms with Gasteiger partial charge in [0.25, 0.3) is 0 Å². The van der Waals surface area contributed by atoms with Crippen LogP contribution < -0.4 is 5.73 Å². The van der Waals surface area contributed by atoms with E-state index in [1.54, 1.807) is 0 Å². The molecule has 0 fully saturated rings. The molecule has 0 saturated carbocycles. The Hall–Kier alpha value is -2.30. The molecule has 0 amide bonds. The standard InChI is InChI=1S/C41H74NO10P/c1-3-5-7-9-11-13-15-17-19-21-22-24-26-28-30-32-39(43)49-34-37(35-50-53(47,48)51-36-38(42)41(45)46)52-40(44)33-31-29-27-25-23-20-18-16-14-12-10-8-6-4-2/h10,12,16-19,37-38H,3-9,11,13-15,20-36,42H2,1-2H3,(H,45,46)(H,47,48)/b12-10-,18-16-,19-17-. The van der Waals surface area contributed by atoms with Crippen molar-refractivity contribution in [1.82, 2.24) is 0 Å². The molecule has 0 spiro atoms. The van der Waals surface area contributed by atoms with Gasteiger partial charge in [-0.05, 0) is 64.2 Å². The number of aliphatic carboxylic acids is 1. The summed E-state index contributed by atoms with van der Waals surface area (Å²) in [6.07, 6.45) is 37.8. The minimum absolute atomic E-state index is 0.143. The molecular weight excluding hydrogens is 697 g/mol. The number of hydrogen-bond donors (Lipinski definition) is 3. The van der Waals surface area contributed by atoms with Crippen LogP contribution in [0.1, 0.15) is 174 Å². The molecule has 3 atom stereocenters. The van der Waals surface area contributed by atoms with E-state index in [0.717, 1.165) is 83.5 Å². The summed E-state index contributed by atoms with van der Waals surface area (Å²) in [5, 5.41) is 8.87. The summed E-state index contributed by atoms with van der Waals surface area (Å²) in [5.41, 5.74) is 5.32. The van der Waals surface area contributed by atoms with E-state index in [2.05, 4.69) is 54.8 Å². The predicted molar refractivity (Wildman–Crippen MR) is 212 cm³/mol. The van der Waals surface area contributed by atoms with Crippen LogP contribution in [0.4, 0.5) is 0 Å². The second-order valence-corrected chi connectivity index (χ2v) is 15.2. The van der Waals surface area contributed by atoms with Gasteiger partial charge in [0.1, 0.15) is 12.6 Å². The summed E-state index contributed by atoms with van der Waals surface area (Å²) in [6, 6.07) is -1.52. The zero-order valence-electron chi connectivity index (χ0n) is 33.1. The van der Waals surface area contributed by atoms with Crippen molar-refractivity contribution in [3.05, 3.63) is 36.5 Å². The largest absolute Gasteiger partial charge is 0.480 e. The van der Waals surface area contributed by atoms with Gasteiger partial charge in [-0.1, -0.05) is 134 Å². The number of carboxylic acid groups (broad SMARTS) is 1. The first-order valence-electron chi connectivity index (χ1n) is 20.5. The number of carboxylic acids is 1. The molecule has 0 aromatic carbocycles. The van der Waals surface area contributed by atoms with Crippen LogP contribution in [-0.2, 0) is 37.5 Å². The number of rotatable bonds is 38. The van der Waals surface area contributed by atoms with Crippen LogP contribution in [0.2, 0.25) is 0 Å². The average molecular weight is 772 g/mol. The zero-order chi connectivity index (χ0) is 39.3. The van der Waals surface area contributed by atoms with E-state index in [1.165, 1.54) is 51.4 Å². The molecule has 308 valence electrons. The quantitative estimate of drug-likeness (QED) is 0.0236. The normalized spacial score (nSPS) is 14.2. The fourth-order valence-corrected chi connectivity index (χ4v) is 6.09. The van der Waals surface area contributed by atoms with Crippen LogP contribution in [0.25, 0.3) is 0 Å². The minimum atomic E-state index is -4.72. The molecule has 0 saturated heterocycles. The van der Waals surface area contributed by atoms with E-state index in [1.807, 2.05) is 0 Å². The minimum Gasteiger partial charge on any atom is -0.480 e. The van der Waals surface area contributed by atoms with Crippen molar-refractivity contribution < 1.29 is 47.5 Å². The van der Waals surface area contributed by atoms with Crippen molar-refractivity contribution >= 4 is 25.7 Å². The molecule has 0 aliphatic carbocycles. The molecule has 0 radical (unpaired) electrons. The third-order valence-corrected chi connectivity index (χ3v) is 9.56. The smallest absolute Gasteiger partial charge is 0.472 e. The second kappa shape index (κ2) is 36.7. The van der Waals surface area contributed by atoms with Crippen molar-refractivity contribution in [2.45, 2.75) is 187 Å². The van der Waals surface area contributed by atoms with E-state index < -0.39 is 51.1 Å². The van der Waals surface area contributed by atoms with Crippen molar-refractivity contribution in [2.75, 3.05) is 19.8 Å². The van der Waals surface area contributed by atoms with Crippen LogP contribution in [0, 0.1) is 0 Å². The summed E-state index contributed by atoms with van der Waals surface area (Å²) in [4.78, 5) is 45.8. The number of unbranched alkanes of at least 4 members (excludes halogenated alkanes) is 18. The number of esters is 2. The molecule has 4 N–H and O–H groups in total. The SMILES string of the molecule is CCCC/C=C\C/C=C\CCCCCCCC(=O)OC(COC(=O)CCCCCCC/C=C\CCCCCCCC)COP(=O)(O)OCC(N)C(=O)O. The van der Waals surface area contributed by atoms with Gasteiger partial charge < -0.3 is 25.2 Å². The van der Waals surface area contributed by atoms with Gasteiger partial charge in [0, 0.05) is 12.8 Å². The number of phosphoric ester groups is 1. The number of nitrogens with two attached hydrogens (primary N) is 1. The molecule has 0 bridgehead atoms. The highest BCUT2D eigenvalue weighted by molar-refractivity contribution is 7.47. The molecule has 3 unspecified atom stereocenters. The van der Waals surface area contributed by atoms with Gasteiger partial charge in [-0.2, -0.15) is 0 Å². The lowest BCUT2D eigenvalue weighted by molar-refractivity contribution is -0.161. The number of carbonyl (C=O) groups excluding carboxylic acids is 2. The molecule has 11 nitrogen and oxygen atoms in total. The van der Waals surface area contributed by atoms with Crippen LogP contribution in [-0.4, -0.2) is 59.9 Å². The molecule has 0 heterocycles. The Labute approximate surface area is 321 Å². The van der Waals surface area contributed by atoms with Crippen LogP contribution in [0.5, 0.6) is 0 Å². The predicted octanol–water partition coefficient (Wildman–Crippen LogP) is 10.4. The van der Waals surface area contributed by atoms with E-state index >= 15 is 0 Å². The highest BCUT2D eigenvalue weighted by Crippen LogP contribution is 2.43. The summed E-state index contributed by atoms with van der Waals surface area (Å²) in [6.45, 7) is 2.72. The zero-order valence-corrected chi connectivity index (χ0v) is 34.0. The highest BCUT2D eigenvalue weighted by atomic mass is 31.2. The van der Waals surface area contributed by atoms with Gasteiger partial charge in [0.15, 0.2) is 6.10 Å². The van der Waals surface area contributed by atoms with Crippen molar-refractivity contribution in [3.63, 3.8) is 0 Å². The first-order chi connectivity index (χ1) is 25.6. The topological polar surface area (TPSA) is 172 Å². The first kappa shape index (κ1) is 50.7. The fraction of sp³-hybridized carbons (Fsp3) is 0.780. The van der Waals surface area contributed by atoms with Crippen molar-refractivity contribution in [3.8, 4) is 0 Å². The lowest BCUT2D eigenvalue weighted by Gasteiger charge is -2.20. The molecular formula is C41H74NO10P. The summed E-state index contributed by atoms with van der Waals surface area (Å²) >= 11 is 0. The van der Waals surface area contributed by atoms with Crippen molar-refractivity contribution in [1.29, 1.82) is 0 Å². The average Bonchev–Trinajstić information content (AvgIpc) is 3.13. The van der Waals surface area contributed by atoms with Gasteiger partial charge in [0.2, 0.25) is 0 Å². The summed E-state index contributed by atoms with van der Waals surface area (Å²) < 4.78 is 32.6. The lowest BCUT2D eigenvalue weighted by atomic mass is 10.1. The Kier molecular flexibility index (Phi) is 35.1. The number of hydrogen-bond acceptors (Lipinski definition) is 9. The Morgan fingerprint density at radius 1 is 0.585 bits per heavy atom. The van der Waals surface area contributed by atoms with E-state index in [-0.39, 0.29) is 19.4 Å². The number of ether oxygens (including phenoxy) is 2. The molecule has 0 rings (SSSR count). The third-order valence-electron chi connectivity index (χ3n) is 8.61. The molecule has 0 aromatic rings. The maximum atomic E-state index is 12.6. The second-order valence-electron chi connectivity index (χ2n) is 13.8. The van der Waals surface area contributed by atoms with Crippen molar-refractivity contribution in [2.24, 2.45) is 5.73 Å². The maximum Gasteiger partial charge on any atom is 0.472 e. The van der Waals surface area contributed by atoms with Gasteiger partial charge in [-0.3, -0.25) is 23.4 Å². The Morgan fingerprint density at radius 3 is 1.55 bits per heavy atom. The number of allylic oxidation sites excluding steroid dienone is 6. The molecule has 0 aliphatic heterocycles. The van der Waals surface area contributed by atoms with Gasteiger partial charge in [0.05, 0.1) is 13.2 Å². The van der Waals surface area contributed by atoms with E-state index in [0.29, 0.717) is 12.8 Å². The Morgan fingerprint density at radius 2 is 1.02 bits per heavy atom. The number of phosphoric acid groups is 1. The Balaban J connectivity index is 4.43. The fourth-order valence-electron chi connectivity index (χ4n) is 5.31. The maximum absolute atomic E-state index is 12.6. The lowest BCUT2D eigenvalue weighted by Crippen LogP contribution is -2.34. The number of carbonyl (C=O) groups is 3. The molecule has 0 aliphatic rings.